The first kappa shape index (κ1) is 37.9. The van der Waals surface area contributed by atoms with Gasteiger partial charge in [-0.2, -0.15) is 0 Å². The first-order chi connectivity index (χ1) is 19.4. The highest BCUT2D eigenvalue weighted by atomic mass is 31.2. The lowest BCUT2D eigenvalue weighted by atomic mass is 9.85. The zero-order valence-electron chi connectivity index (χ0n) is 24.3. The van der Waals surface area contributed by atoms with E-state index in [1.807, 2.05) is 0 Å². The molecule has 0 radical (unpaired) electrons. The molecule has 1 saturated carbocycles. The van der Waals surface area contributed by atoms with Crippen molar-refractivity contribution in [2.45, 2.75) is 146 Å². The van der Waals surface area contributed by atoms with Gasteiger partial charge in [-0.1, -0.05) is 84.0 Å². The van der Waals surface area contributed by atoms with Crippen molar-refractivity contribution >= 4 is 19.8 Å². The van der Waals surface area contributed by atoms with Crippen LogP contribution < -0.4 is 0 Å². The predicted octanol–water partition coefficient (Wildman–Crippen LogP) is 2.26. The second-order valence-corrected chi connectivity index (χ2v) is 12.1. The molecule has 0 spiro atoms. The van der Waals surface area contributed by atoms with Crippen LogP contribution in [0.2, 0.25) is 0 Å². The van der Waals surface area contributed by atoms with Crippen molar-refractivity contribution in [1.29, 1.82) is 0 Å². The molecule has 242 valence electrons. The molecule has 0 saturated heterocycles. The van der Waals surface area contributed by atoms with Gasteiger partial charge in [0.15, 0.2) is 6.10 Å². The number of phosphoric ester groups is 1. The van der Waals surface area contributed by atoms with Crippen LogP contribution in [0.1, 0.15) is 104 Å². The minimum absolute atomic E-state index is 0.0974. The monoisotopic (exact) mass is 614 g/mol. The summed E-state index contributed by atoms with van der Waals surface area (Å²) in [6.07, 6.45) is 1.93. The molecule has 41 heavy (non-hydrogen) atoms. The number of hydrogen-bond donors (Lipinski definition) is 6. The van der Waals surface area contributed by atoms with E-state index < -0.39 is 75.7 Å². The molecule has 6 atom stereocenters. The second kappa shape index (κ2) is 20.7. The average molecular weight is 615 g/mol. The maximum Gasteiger partial charge on any atom is 0.472 e. The van der Waals surface area contributed by atoms with Crippen LogP contribution in [0.4, 0.5) is 0 Å². The largest absolute Gasteiger partial charge is 0.472 e. The Hall–Kier alpha value is -1.15. The number of carbonyl (C=O) groups is 2. The molecule has 0 amide bonds. The summed E-state index contributed by atoms with van der Waals surface area (Å²) in [5.41, 5.74) is 0. The van der Waals surface area contributed by atoms with E-state index >= 15 is 0 Å². The average Bonchev–Trinajstić information content (AvgIpc) is 2.93. The van der Waals surface area contributed by atoms with Crippen LogP contribution in [-0.2, 0) is 32.7 Å². The third-order valence-corrected chi connectivity index (χ3v) is 7.99. The van der Waals surface area contributed by atoms with Crippen LogP contribution in [-0.4, -0.2) is 98.3 Å². The second-order valence-electron chi connectivity index (χ2n) is 10.7. The standard InChI is InChI=1S/C27H51O13P/c1-3-4-5-6-7-8-9-10-11-12-13-14-15-16-21(29)39-20(17-37-19(2)28)18-38-41(35,36)40-27-25(33)23(31)22(30)24(32)26(27)34/h20,22-27,30-34H,3-18H2,1-2H3,(H,35,36). The fraction of sp³-hybridized carbons (Fsp3) is 0.926. The number of aliphatic hydroxyl groups excluding tert-OH is 5. The van der Waals surface area contributed by atoms with Crippen molar-refractivity contribution < 1.29 is 63.1 Å². The zero-order valence-corrected chi connectivity index (χ0v) is 25.2. The van der Waals surface area contributed by atoms with E-state index in [2.05, 4.69) is 6.92 Å². The molecule has 13 nitrogen and oxygen atoms in total. The van der Waals surface area contributed by atoms with Crippen molar-refractivity contribution in [2.75, 3.05) is 13.2 Å². The number of rotatable bonds is 22. The molecule has 0 bridgehead atoms. The Kier molecular flexibility index (Phi) is 19.1. The molecule has 0 aromatic carbocycles. The Balaban J connectivity index is 2.38. The number of esters is 2. The molecule has 1 aliphatic carbocycles. The van der Waals surface area contributed by atoms with Gasteiger partial charge in [0.1, 0.15) is 43.2 Å². The van der Waals surface area contributed by atoms with Crippen LogP contribution in [0.5, 0.6) is 0 Å². The summed E-state index contributed by atoms with van der Waals surface area (Å²) < 4.78 is 32.0. The summed E-state index contributed by atoms with van der Waals surface area (Å²) in [5.74, 6) is -1.29. The Morgan fingerprint density at radius 3 is 1.61 bits per heavy atom. The summed E-state index contributed by atoms with van der Waals surface area (Å²) >= 11 is 0. The molecule has 0 aromatic heterocycles. The maximum absolute atomic E-state index is 12.4. The molecule has 14 heteroatoms. The SMILES string of the molecule is CCCCCCCCCCCCCCCC(=O)OC(COC(C)=O)COP(=O)(O)OC1C(O)C(O)C(O)C(O)C1O. The minimum Gasteiger partial charge on any atom is -0.462 e. The van der Waals surface area contributed by atoms with Gasteiger partial charge in [0.05, 0.1) is 6.61 Å². The molecule has 1 fully saturated rings. The summed E-state index contributed by atoms with van der Waals surface area (Å²) in [6, 6.07) is 0. The van der Waals surface area contributed by atoms with Gasteiger partial charge < -0.3 is 39.9 Å². The summed E-state index contributed by atoms with van der Waals surface area (Å²) in [6.45, 7) is 2.15. The summed E-state index contributed by atoms with van der Waals surface area (Å²) in [5, 5.41) is 49.1. The van der Waals surface area contributed by atoms with Crippen molar-refractivity contribution in [2.24, 2.45) is 0 Å². The maximum atomic E-state index is 12.4. The fourth-order valence-electron chi connectivity index (χ4n) is 4.54. The van der Waals surface area contributed by atoms with Crippen molar-refractivity contribution in [3.63, 3.8) is 0 Å². The lowest BCUT2D eigenvalue weighted by molar-refractivity contribution is -0.220. The molecule has 0 heterocycles. The van der Waals surface area contributed by atoms with Gasteiger partial charge in [-0.25, -0.2) is 4.57 Å². The number of aliphatic hydroxyl groups is 5. The smallest absolute Gasteiger partial charge is 0.462 e. The highest BCUT2D eigenvalue weighted by Crippen LogP contribution is 2.47. The van der Waals surface area contributed by atoms with E-state index in [-0.39, 0.29) is 6.42 Å². The lowest BCUT2D eigenvalue weighted by Crippen LogP contribution is -2.64. The summed E-state index contributed by atoms with van der Waals surface area (Å²) in [4.78, 5) is 33.6. The molecule has 0 aliphatic heterocycles. The van der Waals surface area contributed by atoms with Gasteiger partial charge in [-0.3, -0.25) is 18.6 Å². The van der Waals surface area contributed by atoms with Crippen molar-refractivity contribution in [3.05, 3.63) is 0 Å². The third kappa shape index (κ3) is 15.8. The first-order valence-electron chi connectivity index (χ1n) is 14.8. The third-order valence-electron chi connectivity index (χ3n) is 7.01. The van der Waals surface area contributed by atoms with E-state index in [1.54, 1.807) is 0 Å². The van der Waals surface area contributed by atoms with Crippen LogP contribution in [0.3, 0.4) is 0 Å². The van der Waals surface area contributed by atoms with E-state index in [4.69, 9.17) is 18.5 Å². The van der Waals surface area contributed by atoms with E-state index in [0.29, 0.717) is 6.42 Å². The normalized spacial score (nSPS) is 26.7. The number of carbonyl (C=O) groups excluding carboxylic acids is 2. The number of unbranched alkanes of at least 4 members (excludes halogenated alkanes) is 12. The van der Waals surface area contributed by atoms with Crippen LogP contribution in [0, 0.1) is 0 Å². The molecule has 1 aliphatic rings. The minimum atomic E-state index is -5.06. The number of ether oxygens (including phenoxy) is 2. The number of phosphoric acid groups is 1. The van der Waals surface area contributed by atoms with E-state index in [9.17, 15) is 44.6 Å². The molecular weight excluding hydrogens is 563 g/mol. The number of hydrogen-bond acceptors (Lipinski definition) is 12. The van der Waals surface area contributed by atoms with Gasteiger partial charge in [-0.05, 0) is 6.42 Å². The van der Waals surface area contributed by atoms with E-state index in [0.717, 1.165) is 32.6 Å². The topological polar surface area (TPSA) is 210 Å². The van der Waals surface area contributed by atoms with Gasteiger partial charge in [0, 0.05) is 13.3 Å². The van der Waals surface area contributed by atoms with Crippen molar-refractivity contribution in [3.8, 4) is 0 Å². The van der Waals surface area contributed by atoms with Crippen molar-refractivity contribution in [1.82, 2.24) is 0 Å². The highest BCUT2D eigenvalue weighted by molar-refractivity contribution is 7.47. The molecule has 0 aromatic rings. The molecule has 6 unspecified atom stereocenters. The molecular formula is C27H51O13P. The Morgan fingerprint density at radius 2 is 1.15 bits per heavy atom. The first-order valence-corrected chi connectivity index (χ1v) is 16.3. The van der Waals surface area contributed by atoms with Crippen LogP contribution in [0.25, 0.3) is 0 Å². The van der Waals surface area contributed by atoms with Crippen LogP contribution in [0.15, 0.2) is 0 Å². The molecule has 6 N–H and O–H groups in total. The van der Waals surface area contributed by atoms with Gasteiger partial charge in [-0.15, -0.1) is 0 Å². The Morgan fingerprint density at radius 1 is 0.707 bits per heavy atom. The van der Waals surface area contributed by atoms with Crippen LogP contribution >= 0.6 is 7.82 Å². The van der Waals surface area contributed by atoms with Gasteiger partial charge in [0.2, 0.25) is 0 Å². The lowest BCUT2D eigenvalue weighted by Gasteiger charge is -2.41. The molecule has 1 rings (SSSR count). The quantitative estimate of drug-likeness (QED) is 0.0588. The Labute approximate surface area is 242 Å². The predicted molar refractivity (Wildman–Crippen MR) is 148 cm³/mol. The Bertz CT molecular complexity index is 766. The van der Waals surface area contributed by atoms with Gasteiger partial charge in [0.25, 0.3) is 0 Å². The van der Waals surface area contributed by atoms with Gasteiger partial charge >= 0.3 is 19.8 Å². The summed E-state index contributed by atoms with van der Waals surface area (Å²) in [7, 11) is -5.06. The highest BCUT2D eigenvalue weighted by Gasteiger charge is 2.51. The fourth-order valence-corrected chi connectivity index (χ4v) is 5.51. The zero-order chi connectivity index (χ0) is 30.8. The van der Waals surface area contributed by atoms with E-state index in [1.165, 1.54) is 51.4 Å².